The largest absolute Gasteiger partial charge is 0.506 e. The molecule has 3 rings (SSSR count). The lowest BCUT2D eigenvalue weighted by atomic mass is 10.0. The van der Waals surface area contributed by atoms with E-state index in [2.05, 4.69) is 25.7 Å². The van der Waals surface area contributed by atoms with Crippen molar-refractivity contribution in [2.45, 2.75) is 6.42 Å². The Morgan fingerprint density at radius 3 is 2.57 bits per heavy atom. The summed E-state index contributed by atoms with van der Waals surface area (Å²) < 4.78 is 5.26. The zero-order valence-electron chi connectivity index (χ0n) is 15.0. The van der Waals surface area contributed by atoms with Gasteiger partial charge in [-0.2, -0.15) is 0 Å². The Morgan fingerprint density at radius 2 is 1.89 bits per heavy atom. The smallest absolute Gasteiger partial charge is 0.337 e. The average molecular weight is 459 g/mol. The Labute approximate surface area is 176 Å². The number of esters is 1. The number of carbonyl (C=O) groups excluding carboxylic acids is 1. The first-order valence-electron chi connectivity index (χ1n) is 8.45. The molecule has 0 spiro atoms. The number of hydrogen-bond acceptors (Lipinski definition) is 4. The summed E-state index contributed by atoms with van der Waals surface area (Å²) in [5, 5.41) is 11.0. The van der Waals surface area contributed by atoms with Gasteiger partial charge < -0.3 is 9.84 Å². The number of hydrogen-bond donors (Lipinski definition) is 1. The van der Waals surface area contributed by atoms with Crippen molar-refractivity contribution in [3.05, 3.63) is 92.4 Å². The van der Waals surface area contributed by atoms with Crippen LogP contribution in [0.15, 0.2) is 70.1 Å². The first kappa shape index (κ1) is 20.1. The fourth-order valence-electron chi connectivity index (χ4n) is 2.69. The van der Waals surface area contributed by atoms with Crippen molar-refractivity contribution >= 4 is 45.4 Å². The molecule has 3 aromatic rings. The van der Waals surface area contributed by atoms with E-state index in [4.69, 9.17) is 11.6 Å². The Hall–Kier alpha value is -2.63. The molecule has 4 nitrogen and oxygen atoms in total. The summed E-state index contributed by atoms with van der Waals surface area (Å²) in [5.41, 5.74) is 3.67. The van der Waals surface area contributed by atoms with E-state index in [1.807, 2.05) is 36.4 Å². The molecule has 0 amide bonds. The number of phenols is 1. The third-order valence-corrected chi connectivity index (χ3v) is 5.12. The van der Waals surface area contributed by atoms with E-state index in [-0.39, 0.29) is 5.75 Å². The minimum atomic E-state index is -0.399. The van der Waals surface area contributed by atoms with Gasteiger partial charge in [0, 0.05) is 16.8 Å². The number of methoxy groups -OCH3 is 1. The van der Waals surface area contributed by atoms with Gasteiger partial charge in [-0.25, -0.2) is 4.79 Å². The summed E-state index contributed by atoms with van der Waals surface area (Å²) >= 11 is 9.64. The highest BCUT2D eigenvalue weighted by Crippen LogP contribution is 2.30. The van der Waals surface area contributed by atoms with Crippen LogP contribution >= 0.6 is 27.5 Å². The first-order chi connectivity index (χ1) is 13.5. The topological polar surface area (TPSA) is 58.9 Å². The Morgan fingerprint density at radius 1 is 1.18 bits per heavy atom. The van der Waals surface area contributed by atoms with Gasteiger partial charge in [-0.3, -0.25) is 4.99 Å². The molecule has 6 heteroatoms. The van der Waals surface area contributed by atoms with Crippen LogP contribution in [0.4, 0.5) is 5.69 Å². The number of benzene rings is 3. The predicted molar refractivity (Wildman–Crippen MR) is 115 cm³/mol. The standard InChI is InChI=1S/C22H17BrClNO3/c1-28-22(27)15-6-8-18(9-7-15)25-13-17-11-14(12-19(23)21(17)26)10-16-4-2-3-5-20(16)24/h2-9,11-13,26H,10H2,1H3. The molecule has 0 atom stereocenters. The lowest BCUT2D eigenvalue weighted by Crippen LogP contribution is -1.99. The van der Waals surface area contributed by atoms with Crippen LogP contribution in [0.5, 0.6) is 5.75 Å². The Kier molecular flexibility index (Phi) is 6.49. The third-order valence-electron chi connectivity index (χ3n) is 4.15. The van der Waals surface area contributed by atoms with Crippen LogP contribution in [0.25, 0.3) is 0 Å². The number of nitrogens with zero attached hydrogens (tertiary/aromatic N) is 1. The van der Waals surface area contributed by atoms with Gasteiger partial charge in [0.1, 0.15) is 5.75 Å². The van der Waals surface area contributed by atoms with E-state index in [9.17, 15) is 9.90 Å². The van der Waals surface area contributed by atoms with E-state index in [1.165, 1.54) is 7.11 Å². The lowest BCUT2D eigenvalue weighted by Gasteiger charge is -2.09. The van der Waals surface area contributed by atoms with Gasteiger partial charge in [0.2, 0.25) is 0 Å². The van der Waals surface area contributed by atoms with Crippen LogP contribution in [0.1, 0.15) is 27.0 Å². The molecule has 0 fully saturated rings. The van der Waals surface area contributed by atoms with Gasteiger partial charge in [-0.15, -0.1) is 0 Å². The molecule has 28 heavy (non-hydrogen) atoms. The summed E-state index contributed by atoms with van der Waals surface area (Å²) in [7, 11) is 1.34. The summed E-state index contributed by atoms with van der Waals surface area (Å²) in [6.45, 7) is 0. The molecule has 3 aromatic carbocycles. The van der Waals surface area contributed by atoms with Crippen LogP contribution in [-0.4, -0.2) is 24.4 Å². The second-order valence-electron chi connectivity index (χ2n) is 6.08. The summed E-state index contributed by atoms with van der Waals surface area (Å²) in [5.74, 6) is -0.290. The van der Waals surface area contributed by atoms with E-state index in [0.717, 1.165) is 11.1 Å². The van der Waals surface area contributed by atoms with Crippen molar-refractivity contribution in [2.75, 3.05) is 7.11 Å². The van der Waals surface area contributed by atoms with Gasteiger partial charge in [-0.1, -0.05) is 29.8 Å². The van der Waals surface area contributed by atoms with Gasteiger partial charge >= 0.3 is 5.97 Å². The molecular weight excluding hydrogens is 442 g/mol. The molecule has 1 N–H and O–H groups in total. The van der Waals surface area contributed by atoms with Gasteiger partial charge in [-0.05, 0) is 75.9 Å². The summed E-state index contributed by atoms with van der Waals surface area (Å²) in [6, 6.07) is 18.1. The Balaban J connectivity index is 1.85. The molecular formula is C22H17BrClNO3. The normalized spacial score (nSPS) is 11.0. The molecule has 0 radical (unpaired) electrons. The second kappa shape index (κ2) is 9.04. The van der Waals surface area contributed by atoms with E-state index in [0.29, 0.717) is 32.7 Å². The highest BCUT2D eigenvalue weighted by molar-refractivity contribution is 9.10. The molecule has 0 aliphatic heterocycles. The maximum absolute atomic E-state index is 11.5. The molecule has 0 heterocycles. The molecule has 0 aliphatic rings. The lowest BCUT2D eigenvalue weighted by molar-refractivity contribution is 0.0601. The van der Waals surface area contributed by atoms with E-state index >= 15 is 0 Å². The molecule has 0 unspecified atom stereocenters. The molecule has 0 saturated carbocycles. The van der Waals surface area contributed by atoms with Crippen molar-refractivity contribution in [2.24, 2.45) is 4.99 Å². The predicted octanol–water partition coefficient (Wildman–Crippen LogP) is 5.94. The average Bonchev–Trinajstić information content (AvgIpc) is 2.71. The number of aromatic hydroxyl groups is 1. The molecule has 0 aromatic heterocycles. The van der Waals surface area contributed by atoms with Gasteiger partial charge in [0.05, 0.1) is 22.8 Å². The van der Waals surface area contributed by atoms with Crippen molar-refractivity contribution in [1.29, 1.82) is 0 Å². The monoisotopic (exact) mass is 457 g/mol. The quantitative estimate of drug-likeness (QED) is 0.380. The fourth-order valence-corrected chi connectivity index (χ4v) is 3.41. The van der Waals surface area contributed by atoms with E-state index in [1.54, 1.807) is 30.5 Å². The molecule has 142 valence electrons. The zero-order chi connectivity index (χ0) is 20.1. The maximum Gasteiger partial charge on any atom is 0.337 e. The summed E-state index contributed by atoms with van der Waals surface area (Å²) in [4.78, 5) is 15.9. The van der Waals surface area contributed by atoms with Gasteiger partial charge in [0.25, 0.3) is 0 Å². The van der Waals surface area contributed by atoms with Crippen LogP contribution < -0.4 is 0 Å². The number of halogens is 2. The first-order valence-corrected chi connectivity index (χ1v) is 9.62. The number of rotatable bonds is 5. The molecule has 0 aliphatic carbocycles. The minimum absolute atomic E-state index is 0.109. The van der Waals surface area contributed by atoms with Crippen molar-refractivity contribution in [3.8, 4) is 5.75 Å². The fraction of sp³-hybridized carbons (Fsp3) is 0.0909. The SMILES string of the molecule is COC(=O)c1ccc(N=Cc2cc(Cc3ccccc3Cl)cc(Br)c2O)cc1. The molecule has 0 saturated heterocycles. The number of carbonyl (C=O) groups is 1. The maximum atomic E-state index is 11.5. The summed E-state index contributed by atoms with van der Waals surface area (Å²) in [6.07, 6.45) is 2.22. The van der Waals surface area contributed by atoms with Crippen LogP contribution in [0.3, 0.4) is 0 Å². The zero-order valence-corrected chi connectivity index (χ0v) is 17.4. The third kappa shape index (κ3) is 4.80. The van der Waals surface area contributed by atoms with Crippen molar-refractivity contribution in [3.63, 3.8) is 0 Å². The number of ether oxygens (including phenoxy) is 1. The number of phenolic OH excluding ortho intramolecular Hbond substituents is 1. The minimum Gasteiger partial charge on any atom is -0.506 e. The van der Waals surface area contributed by atoms with Crippen molar-refractivity contribution < 1.29 is 14.6 Å². The number of aliphatic imine (C=N–C) groups is 1. The van der Waals surface area contributed by atoms with Crippen LogP contribution in [-0.2, 0) is 11.2 Å². The highest BCUT2D eigenvalue weighted by atomic mass is 79.9. The van der Waals surface area contributed by atoms with Crippen LogP contribution in [0.2, 0.25) is 5.02 Å². The van der Waals surface area contributed by atoms with Crippen LogP contribution in [0, 0.1) is 0 Å². The highest BCUT2D eigenvalue weighted by Gasteiger charge is 2.09. The Bertz CT molecular complexity index is 1030. The van der Waals surface area contributed by atoms with Crippen molar-refractivity contribution in [1.82, 2.24) is 0 Å². The van der Waals surface area contributed by atoms with Gasteiger partial charge in [0.15, 0.2) is 0 Å². The molecule has 0 bridgehead atoms. The van der Waals surface area contributed by atoms with E-state index < -0.39 is 5.97 Å². The second-order valence-corrected chi connectivity index (χ2v) is 7.34.